The van der Waals surface area contributed by atoms with Crippen molar-refractivity contribution in [1.29, 1.82) is 0 Å². The van der Waals surface area contributed by atoms with Gasteiger partial charge in [0.15, 0.2) is 0 Å². The normalized spacial score (nSPS) is 26.2. The first-order valence-corrected chi connectivity index (χ1v) is 17.1. The summed E-state index contributed by atoms with van der Waals surface area (Å²) in [6.45, 7) is 10.1. The molecule has 6 rings (SSSR count). The Labute approximate surface area is 270 Å². The van der Waals surface area contributed by atoms with E-state index >= 15 is 0 Å². The van der Waals surface area contributed by atoms with Crippen molar-refractivity contribution in [2.45, 2.75) is 90.4 Å². The van der Waals surface area contributed by atoms with Gasteiger partial charge in [0.1, 0.15) is 12.1 Å². The first-order chi connectivity index (χ1) is 22.1. The van der Waals surface area contributed by atoms with Crippen LogP contribution in [0, 0.1) is 29.6 Å². The maximum atomic E-state index is 14.2. The number of aromatic nitrogens is 2. The van der Waals surface area contributed by atoms with Crippen molar-refractivity contribution in [2.75, 3.05) is 37.6 Å². The van der Waals surface area contributed by atoms with Crippen molar-refractivity contribution in [3.63, 3.8) is 0 Å². The summed E-state index contributed by atoms with van der Waals surface area (Å²) >= 11 is 0. The number of anilines is 1. The maximum Gasteiger partial charge on any atom is 0.316 e. The molecular weight excluding hydrogens is 588 g/mol. The molecular formula is C33H48N8O5. The Morgan fingerprint density at radius 2 is 1.41 bits per heavy atom. The largest absolute Gasteiger partial charge is 0.337 e. The molecule has 2 N–H and O–H groups in total. The second-order valence-corrected chi connectivity index (χ2v) is 14.3. The van der Waals surface area contributed by atoms with Crippen LogP contribution < -0.4 is 15.5 Å². The quantitative estimate of drug-likeness (QED) is 0.389. The van der Waals surface area contributed by atoms with E-state index < -0.39 is 18.1 Å². The molecule has 46 heavy (non-hydrogen) atoms. The Kier molecular flexibility index (Phi) is 9.20. The highest BCUT2D eigenvalue weighted by Crippen LogP contribution is 2.48. The van der Waals surface area contributed by atoms with Crippen molar-refractivity contribution < 1.29 is 24.0 Å². The molecule has 13 heteroatoms. The number of nitrogens with one attached hydrogen (secondary N) is 2. The fraction of sp³-hybridized carbons (Fsp3) is 0.727. The van der Waals surface area contributed by atoms with E-state index in [-0.39, 0.29) is 65.3 Å². The molecule has 2 saturated carbocycles. The molecule has 1 aromatic heterocycles. The number of imide groups is 1. The van der Waals surface area contributed by atoms with E-state index in [9.17, 15) is 24.0 Å². The monoisotopic (exact) mass is 636 g/mol. The fourth-order valence-corrected chi connectivity index (χ4v) is 7.63. The van der Waals surface area contributed by atoms with E-state index in [4.69, 9.17) is 0 Å². The van der Waals surface area contributed by atoms with Crippen LogP contribution in [-0.2, 0) is 19.2 Å². The van der Waals surface area contributed by atoms with Gasteiger partial charge >= 0.3 is 6.03 Å². The SMILES string of the molecule is CC(C)[C@H](NC(=O)N[C@H](C(=O)N1CC[C@H]2[C@H]1C(C1CCC1)C(=O)N2C(=O)C1CC1)C(C)C)C(=O)N1CCN(c2ncccn2)CC1. The highest BCUT2D eigenvalue weighted by molar-refractivity contribution is 6.02. The summed E-state index contributed by atoms with van der Waals surface area (Å²) in [5.74, 6) is -0.628. The molecule has 1 unspecified atom stereocenters. The zero-order valence-corrected chi connectivity index (χ0v) is 27.4. The highest BCUT2D eigenvalue weighted by atomic mass is 16.2. The van der Waals surface area contributed by atoms with Crippen molar-refractivity contribution >= 4 is 35.6 Å². The van der Waals surface area contributed by atoms with Crippen LogP contribution in [0.25, 0.3) is 0 Å². The van der Waals surface area contributed by atoms with Gasteiger partial charge < -0.3 is 25.3 Å². The molecule has 5 fully saturated rings. The van der Waals surface area contributed by atoms with Crippen LogP contribution in [-0.4, -0.2) is 111 Å². The lowest BCUT2D eigenvalue weighted by atomic mass is 9.73. The molecule has 6 amide bonds. The predicted octanol–water partition coefficient (Wildman–Crippen LogP) is 1.64. The summed E-state index contributed by atoms with van der Waals surface area (Å²) in [4.78, 5) is 83.8. The summed E-state index contributed by atoms with van der Waals surface area (Å²) in [5, 5.41) is 5.76. The summed E-state index contributed by atoms with van der Waals surface area (Å²) in [5.41, 5.74) is 0. The Morgan fingerprint density at radius 3 is 1.96 bits per heavy atom. The Bertz CT molecular complexity index is 1320. The highest BCUT2D eigenvalue weighted by Gasteiger charge is 2.61. The minimum absolute atomic E-state index is 0.0679. The molecule has 250 valence electrons. The second-order valence-electron chi connectivity index (χ2n) is 14.3. The standard InChI is InChI=1S/C33H48N8O5/c1-19(2)25(30(44)38-15-17-39(18-16-38)32-34-12-6-13-35-32)36-33(46)37-26(20(3)4)31(45)40-14-11-23-27(40)24(21-7-5-8-21)29(43)41(23)28(42)22-9-10-22/h6,12-13,19-27H,5,7-11,14-18H2,1-4H3,(H2,36,37,46)/t23-,24?,25-,26-,27-/m0/s1. The number of carbonyl (C=O) groups excluding carboxylic acids is 5. The van der Waals surface area contributed by atoms with Gasteiger partial charge in [0.05, 0.1) is 18.0 Å². The van der Waals surface area contributed by atoms with Gasteiger partial charge in [0.25, 0.3) is 0 Å². The molecule has 4 heterocycles. The third-order valence-corrected chi connectivity index (χ3v) is 10.6. The number of fused-ring (bicyclic) bond motifs is 1. The number of carbonyl (C=O) groups is 5. The average molecular weight is 637 g/mol. The average Bonchev–Trinajstić information content (AvgIpc) is 3.74. The lowest BCUT2D eigenvalue weighted by Gasteiger charge is -2.38. The molecule has 2 aliphatic carbocycles. The number of amides is 6. The number of hydrogen-bond acceptors (Lipinski definition) is 8. The zero-order valence-electron chi connectivity index (χ0n) is 27.4. The van der Waals surface area contributed by atoms with Crippen LogP contribution in [0.2, 0.25) is 0 Å². The topological polar surface area (TPSA) is 148 Å². The predicted molar refractivity (Wildman–Crippen MR) is 169 cm³/mol. The number of likely N-dealkylation sites (tertiary alicyclic amines) is 2. The van der Waals surface area contributed by atoms with Crippen LogP contribution in [0.1, 0.15) is 66.2 Å². The third kappa shape index (κ3) is 6.16. The summed E-state index contributed by atoms with van der Waals surface area (Å²) in [6, 6.07) is -1.08. The lowest BCUT2D eigenvalue weighted by Crippen LogP contribution is -2.60. The zero-order chi connectivity index (χ0) is 32.7. The number of urea groups is 1. The Morgan fingerprint density at radius 1 is 0.804 bits per heavy atom. The van der Waals surface area contributed by atoms with Gasteiger partial charge in [-0.1, -0.05) is 34.1 Å². The third-order valence-electron chi connectivity index (χ3n) is 10.6. The van der Waals surface area contributed by atoms with Gasteiger partial charge in [0, 0.05) is 51.0 Å². The fourth-order valence-electron chi connectivity index (χ4n) is 7.63. The van der Waals surface area contributed by atoms with Gasteiger partial charge in [-0.3, -0.25) is 24.1 Å². The second kappa shape index (κ2) is 13.2. The van der Waals surface area contributed by atoms with E-state index in [1.54, 1.807) is 28.3 Å². The first kappa shape index (κ1) is 32.2. The number of nitrogens with zero attached hydrogens (tertiary/aromatic N) is 6. The van der Waals surface area contributed by atoms with Gasteiger partial charge in [-0.05, 0) is 55.9 Å². The molecule has 0 aromatic carbocycles. The maximum absolute atomic E-state index is 14.2. The van der Waals surface area contributed by atoms with Crippen molar-refractivity contribution in [2.24, 2.45) is 29.6 Å². The van der Waals surface area contributed by atoms with Crippen LogP contribution in [0.5, 0.6) is 0 Å². The molecule has 0 spiro atoms. The van der Waals surface area contributed by atoms with Gasteiger partial charge in [0.2, 0.25) is 29.6 Å². The summed E-state index contributed by atoms with van der Waals surface area (Å²) in [6.07, 6.45) is 8.52. The minimum atomic E-state index is -0.846. The smallest absolute Gasteiger partial charge is 0.316 e. The summed E-state index contributed by atoms with van der Waals surface area (Å²) < 4.78 is 0. The molecule has 13 nitrogen and oxygen atoms in total. The summed E-state index contributed by atoms with van der Waals surface area (Å²) in [7, 11) is 0. The molecule has 0 radical (unpaired) electrons. The number of piperazine rings is 1. The van der Waals surface area contributed by atoms with Gasteiger partial charge in [-0.2, -0.15) is 0 Å². The molecule has 3 aliphatic heterocycles. The van der Waals surface area contributed by atoms with Crippen molar-refractivity contribution in [3.05, 3.63) is 18.5 Å². The van der Waals surface area contributed by atoms with E-state index in [1.807, 2.05) is 32.6 Å². The van der Waals surface area contributed by atoms with Crippen LogP contribution in [0.15, 0.2) is 18.5 Å². The Hall–Kier alpha value is -3.77. The van der Waals surface area contributed by atoms with Crippen LogP contribution in [0.4, 0.5) is 10.7 Å². The van der Waals surface area contributed by atoms with Crippen LogP contribution in [0.3, 0.4) is 0 Å². The van der Waals surface area contributed by atoms with Gasteiger partial charge in [-0.25, -0.2) is 14.8 Å². The number of rotatable bonds is 9. The van der Waals surface area contributed by atoms with Crippen molar-refractivity contribution in [1.82, 2.24) is 35.3 Å². The Balaban J connectivity index is 1.11. The lowest BCUT2D eigenvalue weighted by molar-refractivity contribution is -0.147. The van der Waals surface area contributed by atoms with E-state index in [0.717, 1.165) is 32.1 Å². The van der Waals surface area contributed by atoms with Crippen molar-refractivity contribution in [3.8, 4) is 0 Å². The first-order valence-electron chi connectivity index (χ1n) is 17.1. The van der Waals surface area contributed by atoms with E-state index in [0.29, 0.717) is 45.1 Å². The van der Waals surface area contributed by atoms with E-state index in [2.05, 4.69) is 20.6 Å². The molecule has 3 saturated heterocycles. The minimum Gasteiger partial charge on any atom is -0.337 e. The number of hydrogen-bond donors (Lipinski definition) is 2. The molecule has 5 aliphatic rings. The molecule has 1 aromatic rings. The van der Waals surface area contributed by atoms with Crippen LogP contribution >= 0.6 is 0 Å². The van der Waals surface area contributed by atoms with Gasteiger partial charge in [-0.15, -0.1) is 0 Å². The molecule has 5 atom stereocenters. The van der Waals surface area contributed by atoms with E-state index in [1.165, 1.54) is 4.90 Å². The molecule has 0 bridgehead atoms.